The molecule has 2 aliphatic rings. The summed E-state index contributed by atoms with van der Waals surface area (Å²) in [5.74, 6) is 0.357. The Labute approximate surface area is 178 Å². The third-order valence-corrected chi connectivity index (χ3v) is 6.48. The van der Waals surface area contributed by atoms with Gasteiger partial charge in [0.1, 0.15) is 5.69 Å². The summed E-state index contributed by atoms with van der Waals surface area (Å²) in [4.78, 5) is 32.7. The quantitative estimate of drug-likeness (QED) is 0.772. The monoisotopic (exact) mass is 408 g/mol. The van der Waals surface area contributed by atoms with Crippen molar-refractivity contribution in [3.63, 3.8) is 0 Å². The van der Waals surface area contributed by atoms with Gasteiger partial charge in [-0.05, 0) is 56.3 Å². The van der Waals surface area contributed by atoms with E-state index in [2.05, 4.69) is 27.3 Å². The van der Waals surface area contributed by atoms with Crippen molar-refractivity contribution in [1.29, 1.82) is 0 Å². The Balaban J connectivity index is 1.22. The molecule has 6 heteroatoms. The lowest BCUT2D eigenvalue weighted by molar-refractivity contribution is -0.127. The third kappa shape index (κ3) is 5.11. The highest BCUT2D eigenvalue weighted by Gasteiger charge is 2.32. The number of benzene rings is 1. The van der Waals surface area contributed by atoms with Gasteiger partial charge < -0.3 is 15.2 Å². The molecule has 3 heterocycles. The SMILES string of the molecule is O=C(NCCc1ccccc1)[C@H]1CCCN(C2CCN(C(=O)c3ccc[nH]3)CC2)C1. The second-order valence-electron chi connectivity index (χ2n) is 8.47. The van der Waals surface area contributed by atoms with Crippen molar-refractivity contribution in [1.82, 2.24) is 20.1 Å². The fourth-order valence-electron chi connectivity index (χ4n) is 4.74. The van der Waals surface area contributed by atoms with Crippen LogP contribution >= 0.6 is 0 Å². The third-order valence-electron chi connectivity index (χ3n) is 6.48. The number of nitrogens with zero attached hydrogens (tertiary/aromatic N) is 2. The number of carbonyl (C=O) groups is 2. The lowest BCUT2D eigenvalue weighted by Crippen LogP contribution is -2.51. The van der Waals surface area contributed by atoms with Crippen molar-refractivity contribution in [2.45, 2.75) is 38.1 Å². The summed E-state index contributed by atoms with van der Waals surface area (Å²) < 4.78 is 0. The number of aromatic nitrogens is 1. The van der Waals surface area contributed by atoms with Crippen molar-refractivity contribution < 1.29 is 9.59 Å². The summed E-state index contributed by atoms with van der Waals surface area (Å²) in [5.41, 5.74) is 1.92. The fourth-order valence-corrected chi connectivity index (χ4v) is 4.74. The minimum Gasteiger partial charge on any atom is -0.357 e. The second-order valence-corrected chi connectivity index (χ2v) is 8.47. The lowest BCUT2D eigenvalue weighted by atomic mass is 9.93. The smallest absolute Gasteiger partial charge is 0.270 e. The predicted octanol–water partition coefficient (Wildman–Crippen LogP) is 2.69. The highest BCUT2D eigenvalue weighted by atomic mass is 16.2. The van der Waals surface area contributed by atoms with Gasteiger partial charge in [0, 0.05) is 38.4 Å². The van der Waals surface area contributed by atoms with E-state index in [0.717, 1.165) is 58.3 Å². The molecule has 160 valence electrons. The normalized spacial score (nSPS) is 20.8. The van der Waals surface area contributed by atoms with E-state index in [0.29, 0.717) is 18.3 Å². The first kappa shape index (κ1) is 20.7. The summed E-state index contributed by atoms with van der Waals surface area (Å²) in [6.45, 7) is 4.16. The molecule has 0 bridgehead atoms. The maximum absolute atomic E-state index is 12.7. The highest BCUT2D eigenvalue weighted by molar-refractivity contribution is 5.92. The van der Waals surface area contributed by atoms with Gasteiger partial charge in [0.2, 0.25) is 5.91 Å². The van der Waals surface area contributed by atoms with Gasteiger partial charge in [0.15, 0.2) is 0 Å². The summed E-state index contributed by atoms with van der Waals surface area (Å²) in [6, 6.07) is 14.4. The molecule has 0 aliphatic carbocycles. The molecular formula is C24H32N4O2. The van der Waals surface area contributed by atoms with Crippen molar-refractivity contribution in [2.24, 2.45) is 5.92 Å². The Morgan fingerprint density at radius 1 is 1.00 bits per heavy atom. The van der Waals surface area contributed by atoms with Crippen molar-refractivity contribution in [2.75, 3.05) is 32.7 Å². The fraction of sp³-hybridized carbons (Fsp3) is 0.500. The molecular weight excluding hydrogens is 376 g/mol. The molecule has 1 aromatic heterocycles. The van der Waals surface area contributed by atoms with Crippen LogP contribution in [0.25, 0.3) is 0 Å². The first-order valence-corrected chi connectivity index (χ1v) is 11.2. The van der Waals surface area contributed by atoms with E-state index in [9.17, 15) is 9.59 Å². The van der Waals surface area contributed by atoms with E-state index in [1.807, 2.05) is 35.2 Å². The van der Waals surface area contributed by atoms with E-state index in [4.69, 9.17) is 0 Å². The van der Waals surface area contributed by atoms with Crippen LogP contribution in [0.5, 0.6) is 0 Å². The van der Waals surface area contributed by atoms with Crippen LogP contribution in [0.2, 0.25) is 0 Å². The van der Waals surface area contributed by atoms with E-state index in [-0.39, 0.29) is 17.7 Å². The van der Waals surface area contributed by atoms with Crippen LogP contribution in [0, 0.1) is 5.92 Å². The maximum Gasteiger partial charge on any atom is 0.270 e. The molecule has 0 saturated carbocycles. The molecule has 2 N–H and O–H groups in total. The topological polar surface area (TPSA) is 68.4 Å². The number of H-pyrrole nitrogens is 1. The van der Waals surface area contributed by atoms with Crippen LogP contribution in [-0.4, -0.2) is 65.4 Å². The Morgan fingerprint density at radius 2 is 1.80 bits per heavy atom. The number of carbonyl (C=O) groups excluding carboxylic acids is 2. The summed E-state index contributed by atoms with van der Waals surface area (Å²) in [6.07, 6.45) is 6.66. The molecule has 2 aromatic rings. The van der Waals surface area contributed by atoms with E-state index in [1.165, 1.54) is 5.56 Å². The Hall–Kier alpha value is -2.60. The minimum atomic E-state index is 0.0769. The molecule has 2 aliphatic heterocycles. The summed E-state index contributed by atoms with van der Waals surface area (Å²) in [5, 5.41) is 3.14. The van der Waals surface area contributed by atoms with Gasteiger partial charge in [-0.1, -0.05) is 30.3 Å². The summed E-state index contributed by atoms with van der Waals surface area (Å²) in [7, 11) is 0. The maximum atomic E-state index is 12.7. The number of amides is 2. The number of piperidine rings is 2. The Morgan fingerprint density at radius 3 is 2.53 bits per heavy atom. The first-order valence-electron chi connectivity index (χ1n) is 11.2. The number of likely N-dealkylation sites (tertiary alicyclic amines) is 2. The molecule has 0 radical (unpaired) electrons. The molecule has 2 fully saturated rings. The van der Waals surface area contributed by atoms with Gasteiger partial charge in [-0.3, -0.25) is 14.5 Å². The first-order chi connectivity index (χ1) is 14.7. The van der Waals surface area contributed by atoms with Gasteiger partial charge in [-0.15, -0.1) is 0 Å². The number of nitrogens with one attached hydrogen (secondary N) is 2. The molecule has 0 spiro atoms. The standard InChI is InChI=1S/C24H32N4O2/c29-23(26-14-10-19-6-2-1-3-7-19)20-8-5-15-28(18-20)21-11-16-27(17-12-21)24(30)22-9-4-13-25-22/h1-4,6-7,9,13,20-21,25H,5,8,10-12,14-18H2,(H,26,29)/t20-/m0/s1. The van der Waals surface area contributed by atoms with E-state index >= 15 is 0 Å². The van der Waals surface area contributed by atoms with E-state index in [1.54, 1.807) is 6.20 Å². The van der Waals surface area contributed by atoms with Crippen LogP contribution in [0.1, 0.15) is 41.7 Å². The lowest BCUT2D eigenvalue weighted by Gasteiger charge is -2.42. The van der Waals surface area contributed by atoms with Gasteiger partial charge in [0.25, 0.3) is 5.91 Å². The molecule has 30 heavy (non-hydrogen) atoms. The molecule has 1 atom stereocenters. The average molecular weight is 409 g/mol. The molecule has 1 aromatic carbocycles. The second kappa shape index (κ2) is 9.94. The average Bonchev–Trinajstić information content (AvgIpc) is 3.34. The minimum absolute atomic E-state index is 0.0769. The number of hydrogen-bond acceptors (Lipinski definition) is 3. The van der Waals surface area contributed by atoms with Crippen LogP contribution in [0.3, 0.4) is 0 Å². The van der Waals surface area contributed by atoms with Crippen LogP contribution in [0.4, 0.5) is 0 Å². The zero-order valence-corrected chi connectivity index (χ0v) is 17.6. The molecule has 2 saturated heterocycles. The predicted molar refractivity (Wildman–Crippen MR) is 117 cm³/mol. The van der Waals surface area contributed by atoms with Crippen molar-refractivity contribution in [3.8, 4) is 0 Å². The zero-order chi connectivity index (χ0) is 20.8. The number of aromatic amines is 1. The van der Waals surface area contributed by atoms with Crippen LogP contribution in [-0.2, 0) is 11.2 Å². The Kier molecular flexibility index (Phi) is 6.84. The molecule has 4 rings (SSSR count). The van der Waals surface area contributed by atoms with Gasteiger partial charge in [-0.25, -0.2) is 0 Å². The van der Waals surface area contributed by atoms with Gasteiger partial charge >= 0.3 is 0 Å². The molecule has 0 unspecified atom stereocenters. The summed E-state index contributed by atoms with van der Waals surface area (Å²) >= 11 is 0. The zero-order valence-electron chi connectivity index (χ0n) is 17.6. The van der Waals surface area contributed by atoms with E-state index < -0.39 is 0 Å². The molecule has 6 nitrogen and oxygen atoms in total. The Bertz CT molecular complexity index is 813. The van der Waals surface area contributed by atoms with Crippen molar-refractivity contribution >= 4 is 11.8 Å². The van der Waals surface area contributed by atoms with Crippen LogP contribution < -0.4 is 5.32 Å². The van der Waals surface area contributed by atoms with Gasteiger partial charge in [-0.2, -0.15) is 0 Å². The van der Waals surface area contributed by atoms with Crippen molar-refractivity contribution in [3.05, 3.63) is 59.9 Å². The van der Waals surface area contributed by atoms with Gasteiger partial charge in [0.05, 0.1) is 5.92 Å². The number of hydrogen-bond donors (Lipinski definition) is 2. The highest BCUT2D eigenvalue weighted by Crippen LogP contribution is 2.24. The molecule has 2 amide bonds. The van der Waals surface area contributed by atoms with Crippen LogP contribution in [0.15, 0.2) is 48.7 Å². The largest absolute Gasteiger partial charge is 0.357 e. The number of rotatable bonds is 6.